The largest absolute Gasteiger partial charge is 0.355 e. The molecule has 0 bridgehead atoms. The van der Waals surface area contributed by atoms with Crippen molar-refractivity contribution < 1.29 is 4.79 Å². The standard InChI is InChI=1S/C24H22N8O/c1-15-12-22(32(2)31-15)24(33)28-17-5-3-4-16(13-17)27-18-6-7-19-20(29-30-21(19)14-18)8-9-23-25-10-11-26-23/h3-14,27H,1-2H3,(H,25,26)(H,28,33)(H,29,30). The van der Waals surface area contributed by atoms with Gasteiger partial charge in [-0.05, 0) is 61.5 Å². The number of aromatic nitrogens is 6. The van der Waals surface area contributed by atoms with E-state index in [9.17, 15) is 4.79 Å². The van der Waals surface area contributed by atoms with Crippen molar-refractivity contribution in [3.05, 3.63) is 83.8 Å². The summed E-state index contributed by atoms with van der Waals surface area (Å²) in [6, 6.07) is 15.3. The van der Waals surface area contributed by atoms with Crippen LogP contribution in [0.1, 0.15) is 27.7 Å². The van der Waals surface area contributed by atoms with E-state index in [4.69, 9.17) is 0 Å². The zero-order chi connectivity index (χ0) is 22.8. The molecule has 0 radical (unpaired) electrons. The number of benzene rings is 2. The first kappa shape index (κ1) is 20.3. The van der Waals surface area contributed by atoms with Crippen LogP contribution in [0.3, 0.4) is 0 Å². The number of nitrogens with zero attached hydrogens (tertiary/aromatic N) is 4. The minimum atomic E-state index is -0.204. The number of fused-ring (bicyclic) bond motifs is 1. The summed E-state index contributed by atoms with van der Waals surface area (Å²) in [6.45, 7) is 1.86. The third-order valence-electron chi connectivity index (χ3n) is 5.15. The van der Waals surface area contributed by atoms with Crippen molar-refractivity contribution in [3.8, 4) is 0 Å². The third kappa shape index (κ3) is 4.38. The second kappa shape index (κ2) is 8.46. The first-order chi connectivity index (χ1) is 16.0. The first-order valence-corrected chi connectivity index (χ1v) is 10.4. The molecule has 0 aliphatic carbocycles. The fraction of sp³-hybridized carbons (Fsp3) is 0.0833. The van der Waals surface area contributed by atoms with Crippen LogP contribution in [-0.4, -0.2) is 35.9 Å². The average Bonchev–Trinajstić information content (AvgIpc) is 3.52. The monoisotopic (exact) mass is 438 g/mol. The summed E-state index contributed by atoms with van der Waals surface area (Å²) in [5, 5.41) is 19.0. The number of rotatable bonds is 6. The Balaban J connectivity index is 1.31. The van der Waals surface area contributed by atoms with E-state index in [0.29, 0.717) is 11.4 Å². The van der Waals surface area contributed by atoms with Crippen LogP contribution in [0.5, 0.6) is 0 Å². The normalized spacial score (nSPS) is 11.3. The smallest absolute Gasteiger partial charge is 0.273 e. The predicted octanol–water partition coefficient (Wildman–Crippen LogP) is 4.49. The lowest BCUT2D eigenvalue weighted by atomic mass is 10.1. The number of imidazole rings is 1. The van der Waals surface area contributed by atoms with E-state index in [1.807, 2.05) is 61.5 Å². The number of carbonyl (C=O) groups is 1. The summed E-state index contributed by atoms with van der Waals surface area (Å²) in [7, 11) is 1.75. The van der Waals surface area contributed by atoms with Crippen LogP contribution in [-0.2, 0) is 7.05 Å². The van der Waals surface area contributed by atoms with E-state index >= 15 is 0 Å². The lowest BCUT2D eigenvalue weighted by Gasteiger charge is -2.10. The molecule has 4 N–H and O–H groups in total. The summed E-state index contributed by atoms with van der Waals surface area (Å²) >= 11 is 0. The highest BCUT2D eigenvalue weighted by Gasteiger charge is 2.12. The SMILES string of the molecule is Cc1cc(C(=O)Nc2cccc(Nc3ccc4c(C=Cc5ncc[nH]5)n[nH]c4c3)c2)n(C)n1. The maximum Gasteiger partial charge on any atom is 0.273 e. The van der Waals surface area contributed by atoms with Gasteiger partial charge in [0.05, 0.1) is 16.9 Å². The molecule has 5 rings (SSSR count). The number of aryl methyl sites for hydroxylation is 2. The van der Waals surface area contributed by atoms with Crippen LogP contribution < -0.4 is 10.6 Å². The van der Waals surface area contributed by atoms with Gasteiger partial charge < -0.3 is 15.6 Å². The van der Waals surface area contributed by atoms with Crippen molar-refractivity contribution in [2.75, 3.05) is 10.6 Å². The molecule has 164 valence electrons. The Kier molecular flexibility index (Phi) is 5.19. The van der Waals surface area contributed by atoms with Crippen LogP contribution in [0.15, 0.2) is 60.9 Å². The van der Waals surface area contributed by atoms with Crippen LogP contribution in [0.25, 0.3) is 23.1 Å². The number of anilines is 3. The molecule has 9 heteroatoms. The van der Waals surface area contributed by atoms with Crippen molar-refractivity contribution in [1.82, 2.24) is 29.9 Å². The molecule has 0 fully saturated rings. The second-order valence-corrected chi connectivity index (χ2v) is 7.63. The van der Waals surface area contributed by atoms with Crippen LogP contribution in [0.2, 0.25) is 0 Å². The number of amides is 1. The molecule has 3 heterocycles. The zero-order valence-electron chi connectivity index (χ0n) is 18.1. The molecule has 0 saturated heterocycles. The number of carbonyl (C=O) groups excluding carboxylic acids is 1. The minimum Gasteiger partial charge on any atom is -0.355 e. The average molecular weight is 438 g/mol. The van der Waals surface area contributed by atoms with Gasteiger partial charge >= 0.3 is 0 Å². The molecular formula is C24H22N8O. The van der Waals surface area contributed by atoms with Gasteiger partial charge in [-0.15, -0.1) is 0 Å². The van der Waals surface area contributed by atoms with Crippen molar-refractivity contribution in [2.45, 2.75) is 6.92 Å². The quantitative estimate of drug-likeness (QED) is 0.312. The highest BCUT2D eigenvalue weighted by atomic mass is 16.2. The molecular weight excluding hydrogens is 416 g/mol. The molecule has 2 aromatic carbocycles. The fourth-order valence-electron chi connectivity index (χ4n) is 3.63. The fourth-order valence-corrected chi connectivity index (χ4v) is 3.63. The van der Waals surface area contributed by atoms with Crippen molar-refractivity contribution in [1.29, 1.82) is 0 Å². The van der Waals surface area contributed by atoms with E-state index < -0.39 is 0 Å². The number of aromatic amines is 2. The lowest BCUT2D eigenvalue weighted by molar-refractivity contribution is 0.101. The molecule has 0 spiro atoms. The predicted molar refractivity (Wildman–Crippen MR) is 129 cm³/mol. The van der Waals surface area contributed by atoms with E-state index in [2.05, 4.69) is 35.9 Å². The van der Waals surface area contributed by atoms with Gasteiger partial charge in [0.2, 0.25) is 0 Å². The Hall–Kier alpha value is -4.66. The summed E-state index contributed by atoms with van der Waals surface area (Å²) in [6.07, 6.45) is 7.29. The summed E-state index contributed by atoms with van der Waals surface area (Å²) in [5.41, 5.74) is 5.50. The van der Waals surface area contributed by atoms with Gasteiger partial charge in [0, 0.05) is 41.9 Å². The Morgan fingerprint density at radius 1 is 1.06 bits per heavy atom. The Morgan fingerprint density at radius 2 is 1.91 bits per heavy atom. The molecule has 0 aliphatic heterocycles. The highest BCUT2D eigenvalue weighted by molar-refractivity contribution is 6.03. The van der Waals surface area contributed by atoms with Gasteiger partial charge in [-0.3, -0.25) is 14.6 Å². The number of hydrogen-bond donors (Lipinski definition) is 4. The van der Waals surface area contributed by atoms with Crippen molar-refractivity contribution in [2.24, 2.45) is 7.05 Å². The molecule has 3 aromatic heterocycles. The van der Waals surface area contributed by atoms with Gasteiger partial charge in [0.1, 0.15) is 11.5 Å². The van der Waals surface area contributed by atoms with E-state index in [1.54, 1.807) is 30.2 Å². The van der Waals surface area contributed by atoms with Crippen molar-refractivity contribution >= 4 is 46.0 Å². The highest BCUT2D eigenvalue weighted by Crippen LogP contribution is 2.25. The minimum absolute atomic E-state index is 0.204. The number of H-pyrrole nitrogens is 2. The van der Waals surface area contributed by atoms with E-state index in [-0.39, 0.29) is 5.91 Å². The molecule has 0 saturated carbocycles. The van der Waals surface area contributed by atoms with Gasteiger partial charge in [0.15, 0.2) is 0 Å². The second-order valence-electron chi connectivity index (χ2n) is 7.63. The van der Waals surface area contributed by atoms with Gasteiger partial charge in [-0.1, -0.05) is 6.07 Å². The first-order valence-electron chi connectivity index (χ1n) is 10.4. The molecule has 33 heavy (non-hydrogen) atoms. The summed E-state index contributed by atoms with van der Waals surface area (Å²) in [5.74, 6) is 0.569. The van der Waals surface area contributed by atoms with Crippen LogP contribution >= 0.6 is 0 Å². The summed E-state index contributed by atoms with van der Waals surface area (Å²) in [4.78, 5) is 19.8. The van der Waals surface area contributed by atoms with Gasteiger partial charge in [0.25, 0.3) is 5.91 Å². The van der Waals surface area contributed by atoms with Crippen LogP contribution in [0.4, 0.5) is 17.1 Å². The van der Waals surface area contributed by atoms with E-state index in [1.165, 1.54) is 0 Å². The molecule has 0 aliphatic rings. The summed E-state index contributed by atoms with van der Waals surface area (Å²) < 4.78 is 1.57. The molecule has 1 amide bonds. The maximum absolute atomic E-state index is 12.6. The maximum atomic E-state index is 12.6. The topological polar surface area (TPSA) is 116 Å². The molecule has 9 nitrogen and oxygen atoms in total. The van der Waals surface area contributed by atoms with Crippen LogP contribution in [0, 0.1) is 6.92 Å². The lowest BCUT2D eigenvalue weighted by Crippen LogP contribution is -2.16. The number of hydrogen-bond acceptors (Lipinski definition) is 5. The Morgan fingerprint density at radius 3 is 2.70 bits per heavy atom. The molecule has 5 aromatic rings. The molecule has 0 atom stereocenters. The van der Waals surface area contributed by atoms with Crippen molar-refractivity contribution in [3.63, 3.8) is 0 Å². The van der Waals surface area contributed by atoms with E-state index in [0.717, 1.165) is 39.5 Å². The third-order valence-corrected chi connectivity index (χ3v) is 5.15. The Labute approximate surface area is 189 Å². The Bertz CT molecular complexity index is 1460. The van der Waals surface area contributed by atoms with Gasteiger partial charge in [-0.2, -0.15) is 10.2 Å². The molecule has 0 unspecified atom stereocenters. The zero-order valence-corrected chi connectivity index (χ0v) is 18.1. The number of nitrogens with one attached hydrogen (secondary N) is 4. The van der Waals surface area contributed by atoms with Gasteiger partial charge in [-0.25, -0.2) is 4.98 Å².